The third kappa shape index (κ3) is 4.19. The van der Waals surface area contributed by atoms with Gasteiger partial charge in [-0.25, -0.2) is 0 Å². The molecule has 2 aromatic rings. The lowest BCUT2D eigenvalue weighted by Gasteiger charge is -2.17. The van der Waals surface area contributed by atoms with Crippen LogP contribution in [-0.2, 0) is 14.3 Å². The first-order chi connectivity index (χ1) is 13.0. The van der Waals surface area contributed by atoms with Crippen LogP contribution in [0, 0.1) is 11.8 Å². The van der Waals surface area contributed by atoms with Crippen molar-refractivity contribution in [1.82, 2.24) is 5.32 Å². The minimum absolute atomic E-state index is 0.00230. The summed E-state index contributed by atoms with van der Waals surface area (Å²) >= 11 is 0. The molecular formula is C22H25NO4. The van der Waals surface area contributed by atoms with E-state index in [9.17, 15) is 14.7 Å². The van der Waals surface area contributed by atoms with Gasteiger partial charge in [-0.2, -0.15) is 0 Å². The fourth-order valence-electron chi connectivity index (χ4n) is 3.60. The maximum atomic E-state index is 12.1. The molecule has 0 radical (unpaired) electrons. The Bertz CT molecular complexity index is 785. The van der Waals surface area contributed by atoms with Gasteiger partial charge in [0, 0.05) is 12.5 Å². The van der Waals surface area contributed by atoms with E-state index >= 15 is 0 Å². The van der Waals surface area contributed by atoms with E-state index in [1.54, 1.807) is 0 Å². The summed E-state index contributed by atoms with van der Waals surface area (Å²) in [7, 11) is 0. The first-order valence-electron chi connectivity index (χ1n) is 9.26. The van der Waals surface area contributed by atoms with Gasteiger partial charge < -0.3 is 15.2 Å². The number of ether oxygens (including phenoxy) is 1. The minimum Gasteiger partial charge on any atom is -0.481 e. The third-order valence-corrected chi connectivity index (χ3v) is 5.13. The number of carbonyl (C=O) groups excluding carboxylic acids is 1. The predicted molar refractivity (Wildman–Crippen MR) is 104 cm³/mol. The number of hydrogen-bond acceptors (Lipinski definition) is 4. The summed E-state index contributed by atoms with van der Waals surface area (Å²) in [4.78, 5) is 23.3. The zero-order valence-corrected chi connectivity index (χ0v) is 15.6. The highest BCUT2D eigenvalue weighted by Gasteiger charge is 2.29. The van der Waals surface area contributed by atoms with Crippen molar-refractivity contribution in [2.75, 3.05) is 19.7 Å². The Morgan fingerprint density at radius 3 is 2.11 bits per heavy atom. The predicted octanol–water partition coefficient (Wildman–Crippen LogP) is 3.29. The van der Waals surface area contributed by atoms with E-state index < -0.39 is 11.9 Å². The Hall–Kier alpha value is -2.66. The molecule has 0 heterocycles. The van der Waals surface area contributed by atoms with Crippen molar-refractivity contribution in [1.29, 1.82) is 0 Å². The largest absolute Gasteiger partial charge is 0.481 e. The van der Waals surface area contributed by atoms with Crippen LogP contribution < -0.4 is 5.32 Å². The van der Waals surface area contributed by atoms with Crippen LogP contribution in [0.15, 0.2) is 48.5 Å². The molecule has 0 saturated carbocycles. The molecule has 0 aliphatic heterocycles. The fourth-order valence-corrected chi connectivity index (χ4v) is 3.60. The molecule has 1 aliphatic rings. The van der Waals surface area contributed by atoms with Crippen molar-refractivity contribution in [3.8, 4) is 11.1 Å². The summed E-state index contributed by atoms with van der Waals surface area (Å²) in [6, 6.07) is 16.4. The highest BCUT2D eigenvalue weighted by atomic mass is 16.5. The van der Waals surface area contributed by atoms with Gasteiger partial charge in [0.25, 0.3) is 0 Å². The number of carbonyl (C=O) groups is 2. The van der Waals surface area contributed by atoms with Crippen LogP contribution in [0.5, 0.6) is 0 Å². The number of hydrogen-bond donors (Lipinski definition) is 2. The van der Waals surface area contributed by atoms with Gasteiger partial charge in [0.1, 0.15) is 6.61 Å². The molecule has 0 fully saturated rings. The van der Waals surface area contributed by atoms with E-state index in [0.29, 0.717) is 0 Å². The Morgan fingerprint density at radius 2 is 1.59 bits per heavy atom. The number of rotatable bonds is 8. The Kier molecular flexibility index (Phi) is 5.91. The zero-order chi connectivity index (χ0) is 19.4. The van der Waals surface area contributed by atoms with Crippen LogP contribution in [0.25, 0.3) is 11.1 Å². The second-order valence-corrected chi connectivity index (χ2v) is 7.23. The zero-order valence-electron chi connectivity index (χ0n) is 15.6. The molecule has 0 amide bonds. The van der Waals surface area contributed by atoms with E-state index in [0.717, 1.165) is 0 Å². The summed E-state index contributed by atoms with van der Waals surface area (Å²) in [6.45, 7) is 4.24. The summed E-state index contributed by atoms with van der Waals surface area (Å²) in [5.74, 6) is -1.72. The average Bonchev–Trinajstić information content (AvgIpc) is 2.97. The number of carboxylic acid groups (broad SMARTS) is 1. The van der Waals surface area contributed by atoms with E-state index in [-0.39, 0.29) is 37.5 Å². The van der Waals surface area contributed by atoms with Crippen molar-refractivity contribution in [2.45, 2.75) is 19.8 Å². The van der Waals surface area contributed by atoms with E-state index in [1.807, 2.05) is 38.1 Å². The SMILES string of the molecule is CC(C)C(CNCC(=O)OCC1c2ccccc2-c2ccccc21)C(=O)O. The Balaban J connectivity index is 1.57. The molecule has 2 aromatic carbocycles. The molecule has 5 heteroatoms. The van der Waals surface area contributed by atoms with Gasteiger partial charge in [-0.05, 0) is 28.2 Å². The molecule has 27 heavy (non-hydrogen) atoms. The summed E-state index contributed by atoms with van der Waals surface area (Å²) in [5, 5.41) is 12.1. The van der Waals surface area contributed by atoms with Gasteiger partial charge in [-0.1, -0.05) is 62.4 Å². The molecule has 1 aliphatic carbocycles. The van der Waals surface area contributed by atoms with Crippen LogP contribution in [0.4, 0.5) is 0 Å². The van der Waals surface area contributed by atoms with Gasteiger partial charge in [-0.15, -0.1) is 0 Å². The van der Waals surface area contributed by atoms with Gasteiger partial charge in [0.2, 0.25) is 0 Å². The van der Waals surface area contributed by atoms with Crippen molar-refractivity contribution in [2.24, 2.45) is 11.8 Å². The topological polar surface area (TPSA) is 75.6 Å². The average molecular weight is 367 g/mol. The fraction of sp³-hybridized carbons (Fsp3) is 0.364. The van der Waals surface area contributed by atoms with Crippen LogP contribution >= 0.6 is 0 Å². The first kappa shape index (κ1) is 19.1. The lowest BCUT2D eigenvalue weighted by Crippen LogP contribution is -2.35. The van der Waals surface area contributed by atoms with Crippen LogP contribution in [0.1, 0.15) is 30.9 Å². The van der Waals surface area contributed by atoms with Gasteiger partial charge in [-0.3, -0.25) is 9.59 Å². The molecular weight excluding hydrogens is 342 g/mol. The first-order valence-corrected chi connectivity index (χ1v) is 9.26. The number of esters is 1. The van der Waals surface area contributed by atoms with E-state index in [2.05, 4.69) is 29.6 Å². The maximum absolute atomic E-state index is 12.1. The van der Waals surface area contributed by atoms with Gasteiger partial charge >= 0.3 is 11.9 Å². The molecule has 0 saturated heterocycles. The number of nitrogens with one attached hydrogen (secondary N) is 1. The maximum Gasteiger partial charge on any atom is 0.319 e. The van der Waals surface area contributed by atoms with Crippen LogP contribution in [0.2, 0.25) is 0 Å². The minimum atomic E-state index is -0.856. The molecule has 0 spiro atoms. The molecule has 0 bridgehead atoms. The van der Waals surface area contributed by atoms with Gasteiger partial charge in [0.05, 0.1) is 12.5 Å². The summed E-state index contributed by atoms with van der Waals surface area (Å²) < 4.78 is 5.49. The molecule has 0 aromatic heterocycles. The van der Waals surface area contributed by atoms with Crippen molar-refractivity contribution in [3.05, 3.63) is 59.7 Å². The molecule has 1 unspecified atom stereocenters. The normalized spacial score (nSPS) is 13.9. The third-order valence-electron chi connectivity index (χ3n) is 5.13. The summed E-state index contributed by atoms with van der Waals surface area (Å²) in [6.07, 6.45) is 0. The molecule has 3 rings (SSSR count). The van der Waals surface area contributed by atoms with Crippen molar-refractivity contribution >= 4 is 11.9 Å². The molecule has 2 N–H and O–H groups in total. The monoisotopic (exact) mass is 367 g/mol. The lowest BCUT2D eigenvalue weighted by atomic mass is 9.96. The van der Waals surface area contributed by atoms with Crippen LogP contribution in [0.3, 0.4) is 0 Å². The molecule has 5 nitrogen and oxygen atoms in total. The number of fused-ring (bicyclic) bond motifs is 3. The van der Waals surface area contributed by atoms with E-state index in [4.69, 9.17) is 4.74 Å². The second kappa shape index (κ2) is 8.35. The number of carboxylic acids is 1. The quantitative estimate of drug-likeness (QED) is 0.700. The second-order valence-electron chi connectivity index (χ2n) is 7.23. The standard InChI is InChI=1S/C22H25NO4/c1-14(2)19(22(25)26)11-23-12-21(24)27-13-20-17-9-5-3-7-15(17)16-8-4-6-10-18(16)20/h3-10,14,19-20,23H,11-13H2,1-2H3,(H,25,26). The van der Waals surface area contributed by atoms with Crippen LogP contribution in [-0.4, -0.2) is 36.7 Å². The molecule has 142 valence electrons. The highest BCUT2D eigenvalue weighted by Crippen LogP contribution is 2.44. The van der Waals surface area contributed by atoms with Crippen molar-refractivity contribution < 1.29 is 19.4 Å². The number of aliphatic carboxylic acids is 1. The Labute approximate surface area is 159 Å². The summed E-state index contributed by atoms with van der Waals surface area (Å²) in [5.41, 5.74) is 4.72. The number of benzene rings is 2. The lowest BCUT2D eigenvalue weighted by molar-refractivity contribution is -0.145. The Morgan fingerprint density at radius 1 is 1.04 bits per heavy atom. The van der Waals surface area contributed by atoms with E-state index in [1.165, 1.54) is 22.3 Å². The smallest absolute Gasteiger partial charge is 0.319 e. The highest BCUT2D eigenvalue weighted by molar-refractivity contribution is 5.79. The van der Waals surface area contributed by atoms with Crippen molar-refractivity contribution in [3.63, 3.8) is 0 Å². The van der Waals surface area contributed by atoms with Gasteiger partial charge in [0.15, 0.2) is 0 Å². The molecule has 1 atom stereocenters.